The molecule has 0 spiro atoms. The van der Waals surface area contributed by atoms with Crippen LogP contribution < -0.4 is 0 Å². The summed E-state index contributed by atoms with van der Waals surface area (Å²) in [4.78, 5) is 14.7. The van der Waals surface area contributed by atoms with Crippen molar-refractivity contribution in [1.29, 1.82) is 0 Å². The predicted octanol–water partition coefficient (Wildman–Crippen LogP) is 2.86. The van der Waals surface area contributed by atoms with Gasteiger partial charge in [0.05, 0.1) is 4.99 Å². The van der Waals surface area contributed by atoms with E-state index in [4.69, 9.17) is 17.0 Å². The van der Waals surface area contributed by atoms with Crippen molar-refractivity contribution in [3.05, 3.63) is 24.4 Å². The molecule has 18 heavy (non-hydrogen) atoms. The van der Waals surface area contributed by atoms with Crippen molar-refractivity contribution < 1.29 is 9.53 Å². The van der Waals surface area contributed by atoms with Gasteiger partial charge in [-0.3, -0.25) is 4.79 Å². The first kappa shape index (κ1) is 15.1. The second kappa shape index (κ2) is 6.25. The predicted molar refractivity (Wildman–Crippen MR) is 77.5 cm³/mol. The van der Waals surface area contributed by atoms with Gasteiger partial charge in [0, 0.05) is 31.8 Å². The van der Waals surface area contributed by atoms with Gasteiger partial charge in [-0.1, -0.05) is 24.9 Å². The average molecular weight is 267 g/mol. The second-order valence-electron chi connectivity index (χ2n) is 4.55. The number of ketones is 1. The van der Waals surface area contributed by atoms with Gasteiger partial charge in [0.15, 0.2) is 5.78 Å². The Morgan fingerprint density at radius 2 is 1.94 bits per heavy atom. The normalized spacial score (nSPS) is 18.6. The highest BCUT2D eigenvalue weighted by Crippen LogP contribution is 2.32. The van der Waals surface area contributed by atoms with Crippen molar-refractivity contribution in [3.8, 4) is 0 Å². The van der Waals surface area contributed by atoms with Gasteiger partial charge in [0.1, 0.15) is 5.54 Å². The first-order chi connectivity index (χ1) is 8.45. The van der Waals surface area contributed by atoms with Crippen LogP contribution in [0.25, 0.3) is 0 Å². The molecule has 0 N–H and O–H groups in total. The van der Waals surface area contributed by atoms with Crippen molar-refractivity contribution in [2.75, 3.05) is 13.2 Å². The quantitative estimate of drug-likeness (QED) is 0.578. The van der Waals surface area contributed by atoms with Crippen LogP contribution in [-0.2, 0) is 9.53 Å². The van der Waals surface area contributed by atoms with Crippen LogP contribution in [0, 0.1) is 0 Å². The zero-order valence-corrected chi connectivity index (χ0v) is 12.2. The Hall–Kier alpha value is -1.00. The van der Waals surface area contributed by atoms with Gasteiger partial charge in [-0.25, -0.2) is 0 Å². The van der Waals surface area contributed by atoms with E-state index in [-0.39, 0.29) is 5.78 Å². The zero-order chi connectivity index (χ0) is 13.8. The van der Waals surface area contributed by atoms with Crippen molar-refractivity contribution in [1.82, 2.24) is 4.90 Å². The number of rotatable bonds is 4. The molecule has 0 amide bonds. The standard InChI is InChI=1S/C14H21NO2S/c1-5-6-11(2)15(13(4)18)14(12(3)16)7-9-17-10-8-14/h5-6H,2,7-10H2,1,3-4H3/b6-5-. The molecule has 0 unspecified atom stereocenters. The largest absolute Gasteiger partial charge is 0.381 e. The molecule has 100 valence electrons. The van der Waals surface area contributed by atoms with Gasteiger partial charge in [0.2, 0.25) is 0 Å². The van der Waals surface area contributed by atoms with Gasteiger partial charge in [0.25, 0.3) is 0 Å². The van der Waals surface area contributed by atoms with Crippen LogP contribution in [0.4, 0.5) is 0 Å². The maximum atomic E-state index is 12.2. The third-order valence-electron chi connectivity index (χ3n) is 3.36. The van der Waals surface area contributed by atoms with Gasteiger partial charge in [-0.15, -0.1) is 0 Å². The molecule has 0 saturated carbocycles. The van der Waals surface area contributed by atoms with Gasteiger partial charge in [-0.2, -0.15) is 0 Å². The third kappa shape index (κ3) is 2.87. The van der Waals surface area contributed by atoms with E-state index in [0.717, 1.165) is 5.70 Å². The summed E-state index contributed by atoms with van der Waals surface area (Å²) in [7, 11) is 0. The molecule has 1 aliphatic heterocycles. The van der Waals surface area contributed by atoms with E-state index in [0.29, 0.717) is 31.0 Å². The van der Waals surface area contributed by atoms with Crippen molar-refractivity contribution >= 4 is 23.0 Å². The molecule has 0 bridgehead atoms. The first-order valence-electron chi connectivity index (χ1n) is 6.17. The number of nitrogens with zero attached hydrogens (tertiary/aromatic N) is 1. The molecule has 1 rings (SSSR count). The Morgan fingerprint density at radius 1 is 1.39 bits per heavy atom. The van der Waals surface area contributed by atoms with E-state index in [1.54, 1.807) is 6.92 Å². The Labute approximate surface area is 114 Å². The Kier molecular flexibility index (Phi) is 5.23. The third-order valence-corrected chi connectivity index (χ3v) is 3.55. The average Bonchev–Trinajstić information content (AvgIpc) is 2.30. The van der Waals surface area contributed by atoms with Crippen LogP contribution in [-0.4, -0.2) is 34.4 Å². The molecule has 1 fully saturated rings. The number of carbonyl (C=O) groups is 1. The number of hydrogen-bond acceptors (Lipinski definition) is 3. The second-order valence-corrected chi connectivity index (χ2v) is 5.14. The highest BCUT2D eigenvalue weighted by molar-refractivity contribution is 7.80. The fraction of sp³-hybridized carbons (Fsp3) is 0.571. The molecule has 0 aromatic heterocycles. The number of thiocarbonyl (C=S) groups is 1. The number of allylic oxidation sites excluding steroid dienone is 2. The van der Waals surface area contributed by atoms with E-state index < -0.39 is 5.54 Å². The van der Waals surface area contributed by atoms with E-state index in [1.165, 1.54) is 0 Å². The minimum Gasteiger partial charge on any atom is -0.381 e. The van der Waals surface area contributed by atoms with Crippen LogP contribution in [0.5, 0.6) is 0 Å². The molecule has 0 atom stereocenters. The number of Topliss-reactive ketones (excluding diaryl/α,β-unsaturated/α-hetero) is 1. The van der Waals surface area contributed by atoms with Crippen molar-refractivity contribution in [3.63, 3.8) is 0 Å². The Morgan fingerprint density at radius 3 is 2.33 bits per heavy atom. The highest BCUT2D eigenvalue weighted by Gasteiger charge is 2.43. The Bertz CT molecular complexity index is 381. The summed E-state index contributed by atoms with van der Waals surface area (Å²) in [6.45, 7) is 10.6. The van der Waals surface area contributed by atoms with Gasteiger partial charge in [-0.05, 0) is 26.8 Å². The van der Waals surface area contributed by atoms with Crippen LogP contribution >= 0.6 is 12.2 Å². The molecule has 1 aliphatic rings. The molecular weight excluding hydrogens is 246 g/mol. The topological polar surface area (TPSA) is 29.5 Å². The lowest BCUT2D eigenvalue weighted by Crippen LogP contribution is -2.57. The minimum absolute atomic E-state index is 0.126. The maximum Gasteiger partial charge on any atom is 0.155 e. The van der Waals surface area contributed by atoms with Gasteiger partial charge < -0.3 is 9.64 Å². The van der Waals surface area contributed by atoms with Crippen LogP contribution in [0.15, 0.2) is 24.4 Å². The molecule has 0 aromatic carbocycles. The van der Waals surface area contributed by atoms with Crippen LogP contribution in [0.3, 0.4) is 0 Å². The van der Waals surface area contributed by atoms with Gasteiger partial charge >= 0.3 is 0 Å². The molecule has 4 heteroatoms. The molecular formula is C14H21NO2S. The lowest BCUT2D eigenvalue weighted by molar-refractivity contribution is -0.130. The summed E-state index contributed by atoms with van der Waals surface area (Å²) in [6.07, 6.45) is 5.11. The molecule has 3 nitrogen and oxygen atoms in total. The lowest BCUT2D eigenvalue weighted by Gasteiger charge is -2.45. The molecule has 0 aromatic rings. The SMILES string of the molecule is C=C(/C=C\C)N(C(C)=S)C1(C(C)=O)CCOCC1. The van der Waals surface area contributed by atoms with E-state index >= 15 is 0 Å². The van der Waals surface area contributed by atoms with E-state index in [9.17, 15) is 4.79 Å². The fourth-order valence-corrected chi connectivity index (χ4v) is 2.78. The summed E-state index contributed by atoms with van der Waals surface area (Å²) in [5.41, 5.74) is 0.183. The summed E-state index contributed by atoms with van der Waals surface area (Å²) in [5, 5.41) is 0. The molecule has 0 aliphatic carbocycles. The first-order valence-corrected chi connectivity index (χ1v) is 6.57. The summed E-state index contributed by atoms with van der Waals surface area (Å²) >= 11 is 5.32. The lowest BCUT2D eigenvalue weighted by atomic mass is 9.83. The van der Waals surface area contributed by atoms with E-state index in [2.05, 4.69) is 6.58 Å². The fourth-order valence-electron chi connectivity index (χ4n) is 2.49. The van der Waals surface area contributed by atoms with Crippen LogP contribution in [0.2, 0.25) is 0 Å². The smallest absolute Gasteiger partial charge is 0.155 e. The number of ether oxygens (including phenoxy) is 1. The molecule has 0 radical (unpaired) electrons. The molecule has 1 saturated heterocycles. The number of carbonyl (C=O) groups excluding carboxylic acids is 1. The van der Waals surface area contributed by atoms with Crippen LogP contribution in [0.1, 0.15) is 33.6 Å². The number of hydrogen-bond donors (Lipinski definition) is 0. The molecule has 1 heterocycles. The van der Waals surface area contributed by atoms with Crippen molar-refractivity contribution in [2.24, 2.45) is 0 Å². The maximum absolute atomic E-state index is 12.2. The monoisotopic (exact) mass is 267 g/mol. The zero-order valence-electron chi connectivity index (χ0n) is 11.4. The summed E-state index contributed by atoms with van der Waals surface area (Å²) in [5.74, 6) is 0.126. The summed E-state index contributed by atoms with van der Waals surface area (Å²) in [6, 6.07) is 0. The highest BCUT2D eigenvalue weighted by atomic mass is 32.1. The van der Waals surface area contributed by atoms with Crippen molar-refractivity contribution in [2.45, 2.75) is 39.2 Å². The van der Waals surface area contributed by atoms with E-state index in [1.807, 2.05) is 30.9 Å². The summed E-state index contributed by atoms with van der Waals surface area (Å²) < 4.78 is 5.37. The minimum atomic E-state index is -0.583. The Balaban J connectivity index is 3.17.